The minimum absolute atomic E-state index is 0.191. The largest absolute Gasteiger partial charge is 0.507 e. The molecule has 0 heterocycles. The molecule has 3 N–H and O–H groups in total. The molecule has 0 aromatic heterocycles. The van der Waals surface area contributed by atoms with E-state index in [4.69, 9.17) is 5.73 Å². The molecule has 1 aromatic rings. The van der Waals surface area contributed by atoms with Crippen LogP contribution in [-0.2, 0) is 0 Å². The molecule has 0 aliphatic heterocycles. The molecule has 3 heteroatoms. The van der Waals surface area contributed by atoms with Crippen molar-refractivity contribution in [1.29, 1.82) is 0 Å². The molecule has 1 atom stereocenters. The lowest BCUT2D eigenvalue weighted by Crippen LogP contribution is -2.09. The summed E-state index contributed by atoms with van der Waals surface area (Å²) in [6.07, 6.45) is 0. The van der Waals surface area contributed by atoms with Crippen molar-refractivity contribution in [3.8, 4) is 5.75 Å². The zero-order valence-corrected chi connectivity index (χ0v) is 9.43. The zero-order chi connectivity index (χ0) is 10.0. The molecule has 2 nitrogen and oxygen atoms in total. The standard InChI is InChI=1S/C10H14BrNO/c1-6-3-8(11)4-9(10(6)13)7(2)5-12/h3-4,7,13H,5,12H2,1-2H3. The Balaban J connectivity index is 3.20. The first-order chi connectivity index (χ1) is 6.06. The van der Waals surface area contributed by atoms with Crippen LogP contribution in [0, 0.1) is 6.92 Å². The first-order valence-electron chi connectivity index (χ1n) is 4.25. The van der Waals surface area contributed by atoms with E-state index in [9.17, 15) is 5.11 Å². The van der Waals surface area contributed by atoms with E-state index in [-0.39, 0.29) is 5.92 Å². The van der Waals surface area contributed by atoms with Gasteiger partial charge in [0.2, 0.25) is 0 Å². The summed E-state index contributed by atoms with van der Waals surface area (Å²) in [6.45, 7) is 4.43. The molecule has 0 aliphatic carbocycles. The highest BCUT2D eigenvalue weighted by Gasteiger charge is 2.11. The van der Waals surface area contributed by atoms with E-state index < -0.39 is 0 Å². The van der Waals surface area contributed by atoms with Gasteiger partial charge in [-0.2, -0.15) is 0 Å². The molecule has 0 amide bonds. The van der Waals surface area contributed by atoms with Crippen LogP contribution >= 0.6 is 15.9 Å². The van der Waals surface area contributed by atoms with Crippen molar-refractivity contribution in [2.75, 3.05) is 6.54 Å². The van der Waals surface area contributed by atoms with Gasteiger partial charge in [0.05, 0.1) is 0 Å². The summed E-state index contributed by atoms with van der Waals surface area (Å²) in [5.41, 5.74) is 7.34. The van der Waals surface area contributed by atoms with Crippen molar-refractivity contribution < 1.29 is 5.11 Å². The Bertz CT molecular complexity index is 312. The summed E-state index contributed by atoms with van der Waals surface area (Å²) in [5, 5.41) is 9.75. The smallest absolute Gasteiger partial charge is 0.122 e. The second-order valence-corrected chi connectivity index (χ2v) is 4.21. The maximum atomic E-state index is 9.75. The molecule has 0 spiro atoms. The van der Waals surface area contributed by atoms with Crippen LogP contribution < -0.4 is 5.73 Å². The lowest BCUT2D eigenvalue weighted by Gasteiger charge is -2.13. The third-order valence-corrected chi connectivity index (χ3v) is 2.64. The van der Waals surface area contributed by atoms with Crippen molar-refractivity contribution in [1.82, 2.24) is 0 Å². The molecule has 0 radical (unpaired) electrons. The first kappa shape index (κ1) is 10.5. The van der Waals surface area contributed by atoms with Crippen LogP contribution in [-0.4, -0.2) is 11.7 Å². The van der Waals surface area contributed by atoms with Crippen molar-refractivity contribution >= 4 is 15.9 Å². The molecular formula is C10H14BrNO. The van der Waals surface area contributed by atoms with Crippen LogP contribution in [0.2, 0.25) is 0 Å². The normalized spacial score (nSPS) is 12.9. The quantitative estimate of drug-likeness (QED) is 0.839. The summed E-state index contributed by atoms with van der Waals surface area (Å²) >= 11 is 3.39. The van der Waals surface area contributed by atoms with Gasteiger partial charge in [0.1, 0.15) is 5.75 Å². The Morgan fingerprint density at radius 1 is 1.54 bits per heavy atom. The average molecular weight is 244 g/mol. The Morgan fingerprint density at radius 2 is 2.15 bits per heavy atom. The molecule has 0 aliphatic rings. The van der Waals surface area contributed by atoms with E-state index in [1.54, 1.807) is 0 Å². The van der Waals surface area contributed by atoms with Gasteiger partial charge in [-0.25, -0.2) is 0 Å². The van der Waals surface area contributed by atoms with Crippen LogP contribution in [0.4, 0.5) is 0 Å². The highest BCUT2D eigenvalue weighted by molar-refractivity contribution is 9.10. The van der Waals surface area contributed by atoms with Crippen molar-refractivity contribution in [2.24, 2.45) is 5.73 Å². The van der Waals surface area contributed by atoms with Crippen LogP contribution in [0.25, 0.3) is 0 Å². The molecule has 13 heavy (non-hydrogen) atoms. The minimum Gasteiger partial charge on any atom is -0.507 e. The monoisotopic (exact) mass is 243 g/mol. The Morgan fingerprint density at radius 3 is 2.69 bits per heavy atom. The Hall–Kier alpha value is -0.540. The predicted molar refractivity (Wildman–Crippen MR) is 58.0 cm³/mol. The zero-order valence-electron chi connectivity index (χ0n) is 7.84. The second kappa shape index (κ2) is 4.11. The number of hydrogen-bond donors (Lipinski definition) is 2. The average Bonchev–Trinajstić information content (AvgIpc) is 2.10. The van der Waals surface area contributed by atoms with Gasteiger partial charge in [0.15, 0.2) is 0 Å². The Labute approximate surface area is 86.9 Å². The first-order valence-corrected chi connectivity index (χ1v) is 5.04. The third-order valence-electron chi connectivity index (χ3n) is 2.18. The number of aromatic hydroxyl groups is 1. The minimum atomic E-state index is 0.191. The fraction of sp³-hybridized carbons (Fsp3) is 0.400. The van der Waals surface area contributed by atoms with Crippen molar-refractivity contribution in [2.45, 2.75) is 19.8 Å². The van der Waals surface area contributed by atoms with E-state index in [0.29, 0.717) is 12.3 Å². The molecule has 1 rings (SSSR count). The van der Waals surface area contributed by atoms with Crippen LogP contribution in [0.15, 0.2) is 16.6 Å². The molecule has 0 fully saturated rings. The van der Waals surface area contributed by atoms with Crippen LogP contribution in [0.1, 0.15) is 24.0 Å². The molecule has 1 unspecified atom stereocenters. The lowest BCUT2D eigenvalue weighted by atomic mass is 9.98. The number of nitrogens with two attached hydrogens (primary N) is 1. The van der Waals surface area contributed by atoms with Crippen molar-refractivity contribution in [3.63, 3.8) is 0 Å². The number of phenols is 1. The number of rotatable bonds is 2. The summed E-state index contributed by atoms with van der Waals surface area (Å²) in [5.74, 6) is 0.553. The van der Waals surface area contributed by atoms with E-state index in [2.05, 4.69) is 15.9 Å². The summed E-state index contributed by atoms with van der Waals surface area (Å²) in [4.78, 5) is 0. The van der Waals surface area contributed by atoms with E-state index in [1.807, 2.05) is 26.0 Å². The fourth-order valence-electron chi connectivity index (χ4n) is 1.26. The number of phenolic OH excluding ortho intramolecular Hbond substituents is 1. The predicted octanol–water partition coefficient (Wildman–Crippen LogP) is 2.53. The number of hydrogen-bond acceptors (Lipinski definition) is 2. The molecule has 72 valence electrons. The third kappa shape index (κ3) is 2.23. The van der Waals surface area contributed by atoms with Gasteiger partial charge in [0.25, 0.3) is 0 Å². The van der Waals surface area contributed by atoms with Crippen LogP contribution in [0.5, 0.6) is 5.75 Å². The van der Waals surface area contributed by atoms with Gasteiger partial charge in [-0.05, 0) is 42.6 Å². The number of aryl methyl sites for hydroxylation is 1. The van der Waals surface area contributed by atoms with E-state index in [1.165, 1.54) is 0 Å². The van der Waals surface area contributed by atoms with Crippen LogP contribution in [0.3, 0.4) is 0 Å². The van der Waals surface area contributed by atoms with Gasteiger partial charge in [0, 0.05) is 4.47 Å². The highest BCUT2D eigenvalue weighted by atomic mass is 79.9. The second-order valence-electron chi connectivity index (χ2n) is 3.30. The summed E-state index contributed by atoms with van der Waals surface area (Å²) < 4.78 is 0.984. The van der Waals surface area contributed by atoms with Gasteiger partial charge < -0.3 is 10.8 Å². The van der Waals surface area contributed by atoms with Crippen molar-refractivity contribution in [3.05, 3.63) is 27.7 Å². The maximum absolute atomic E-state index is 9.75. The molecule has 0 saturated carbocycles. The molecule has 1 aromatic carbocycles. The van der Waals surface area contributed by atoms with Gasteiger partial charge in [-0.15, -0.1) is 0 Å². The molecule has 0 bridgehead atoms. The molecule has 0 saturated heterocycles. The summed E-state index contributed by atoms with van der Waals surface area (Å²) in [6, 6.07) is 3.81. The number of benzene rings is 1. The Kier molecular flexibility index (Phi) is 3.33. The topological polar surface area (TPSA) is 46.2 Å². The molecular weight excluding hydrogens is 230 g/mol. The maximum Gasteiger partial charge on any atom is 0.122 e. The van der Waals surface area contributed by atoms with Gasteiger partial charge in [-0.3, -0.25) is 0 Å². The summed E-state index contributed by atoms with van der Waals surface area (Å²) in [7, 11) is 0. The number of halogens is 1. The highest BCUT2D eigenvalue weighted by Crippen LogP contribution is 2.31. The van der Waals surface area contributed by atoms with Gasteiger partial charge >= 0.3 is 0 Å². The SMILES string of the molecule is Cc1cc(Br)cc(C(C)CN)c1O. The van der Waals surface area contributed by atoms with Gasteiger partial charge in [-0.1, -0.05) is 22.9 Å². The lowest BCUT2D eigenvalue weighted by molar-refractivity contribution is 0.459. The van der Waals surface area contributed by atoms with E-state index in [0.717, 1.165) is 15.6 Å². The van der Waals surface area contributed by atoms with E-state index >= 15 is 0 Å². The fourth-order valence-corrected chi connectivity index (χ4v) is 1.85.